The quantitative estimate of drug-likeness (QED) is 0.836. The van der Waals surface area contributed by atoms with E-state index in [1.165, 1.54) is 6.42 Å². The van der Waals surface area contributed by atoms with E-state index in [0.29, 0.717) is 36.0 Å². The third-order valence-electron chi connectivity index (χ3n) is 5.97. The van der Waals surface area contributed by atoms with Crippen LogP contribution < -0.4 is 15.4 Å². The minimum Gasteiger partial charge on any atom is -0.482 e. The lowest BCUT2D eigenvalue weighted by atomic mass is 9.87. The molecule has 0 atom stereocenters. The summed E-state index contributed by atoms with van der Waals surface area (Å²) < 4.78 is 5.38. The molecular weight excluding hydrogens is 358 g/mol. The summed E-state index contributed by atoms with van der Waals surface area (Å²) >= 11 is 0. The van der Waals surface area contributed by atoms with Crippen LogP contribution in [0.25, 0.3) is 0 Å². The second-order valence-electron chi connectivity index (χ2n) is 7.96. The number of rotatable bonds is 3. The Morgan fingerprint density at radius 3 is 2.57 bits per heavy atom. The fourth-order valence-electron chi connectivity index (χ4n) is 4.34. The van der Waals surface area contributed by atoms with Crippen molar-refractivity contribution in [3.05, 3.63) is 23.8 Å². The van der Waals surface area contributed by atoms with Crippen molar-refractivity contribution < 1.29 is 19.1 Å². The number of piperidine rings is 1. The number of carbonyl (C=O) groups excluding carboxylic acids is 3. The summed E-state index contributed by atoms with van der Waals surface area (Å²) in [5.74, 6) is 0.675. The molecule has 1 aliphatic carbocycles. The first-order valence-corrected chi connectivity index (χ1v) is 10.3. The van der Waals surface area contributed by atoms with Gasteiger partial charge in [0.1, 0.15) is 5.75 Å². The monoisotopic (exact) mass is 385 g/mol. The molecule has 4 rings (SSSR count). The van der Waals surface area contributed by atoms with Crippen molar-refractivity contribution in [3.63, 3.8) is 0 Å². The number of fused-ring (bicyclic) bond motifs is 1. The van der Waals surface area contributed by atoms with E-state index in [1.54, 1.807) is 18.2 Å². The van der Waals surface area contributed by atoms with Gasteiger partial charge in [-0.15, -0.1) is 0 Å². The Labute approximate surface area is 164 Å². The van der Waals surface area contributed by atoms with Crippen LogP contribution in [-0.2, 0) is 9.59 Å². The number of hydrogen-bond acceptors (Lipinski definition) is 4. The minimum absolute atomic E-state index is 0.0362. The molecule has 28 heavy (non-hydrogen) atoms. The molecule has 150 valence electrons. The molecular formula is C21H27N3O4. The maximum absolute atomic E-state index is 12.7. The van der Waals surface area contributed by atoms with Gasteiger partial charge in [-0.1, -0.05) is 19.3 Å². The highest BCUT2D eigenvalue weighted by atomic mass is 16.5. The first kappa shape index (κ1) is 18.8. The lowest BCUT2D eigenvalue weighted by Gasteiger charge is -2.35. The summed E-state index contributed by atoms with van der Waals surface area (Å²) in [6.07, 6.45) is 7.18. The molecule has 0 bridgehead atoms. The average Bonchev–Trinajstić information content (AvgIpc) is 2.74. The van der Waals surface area contributed by atoms with Crippen molar-refractivity contribution in [1.29, 1.82) is 0 Å². The Morgan fingerprint density at radius 1 is 1.07 bits per heavy atom. The van der Waals surface area contributed by atoms with Gasteiger partial charge in [-0.2, -0.15) is 0 Å². The number of likely N-dealkylation sites (tertiary alicyclic amines) is 1. The molecule has 3 amide bonds. The van der Waals surface area contributed by atoms with Gasteiger partial charge in [-0.05, 0) is 43.9 Å². The standard InChI is InChI=1S/C21H27N3O4/c25-19-13-28-18-12-15(6-7-17(18)23-19)20(26)22-16-8-10-24(11-9-16)21(27)14-4-2-1-3-5-14/h6-7,12,14,16H,1-5,8-11,13H2,(H,22,26)(H,23,25). The second kappa shape index (κ2) is 8.20. The third kappa shape index (κ3) is 4.13. The molecule has 2 aliphatic heterocycles. The highest BCUT2D eigenvalue weighted by molar-refractivity contribution is 5.99. The Bertz CT molecular complexity index is 765. The molecule has 0 spiro atoms. The zero-order chi connectivity index (χ0) is 19.5. The lowest BCUT2D eigenvalue weighted by Crippen LogP contribution is -2.48. The fourth-order valence-corrected chi connectivity index (χ4v) is 4.34. The minimum atomic E-state index is -0.195. The molecule has 7 nitrogen and oxygen atoms in total. The van der Waals surface area contributed by atoms with Crippen LogP contribution in [0.3, 0.4) is 0 Å². The maximum Gasteiger partial charge on any atom is 0.262 e. The van der Waals surface area contributed by atoms with Crippen LogP contribution in [0.1, 0.15) is 55.3 Å². The summed E-state index contributed by atoms with van der Waals surface area (Å²) in [4.78, 5) is 38.6. The van der Waals surface area contributed by atoms with E-state index in [4.69, 9.17) is 4.74 Å². The number of hydrogen-bond donors (Lipinski definition) is 2. The van der Waals surface area contributed by atoms with E-state index in [0.717, 1.165) is 38.5 Å². The average molecular weight is 385 g/mol. The van der Waals surface area contributed by atoms with E-state index in [2.05, 4.69) is 10.6 Å². The Balaban J connectivity index is 1.29. The summed E-state index contributed by atoms with van der Waals surface area (Å²) in [7, 11) is 0. The van der Waals surface area contributed by atoms with Gasteiger partial charge in [0.05, 0.1) is 5.69 Å². The number of ether oxygens (including phenoxy) is 1. The molecule has 0 radical (unpaired) electrons. The van der Waals surface area contributed by atoms with E-state index < -0.39 is 0 Å². The topological polar surface area (TPSA) is 87.7 Å². The summed E-state index contributed by atoms with van der Waals surface area (Å²) in [6, 6.07) is 5.10. The summed E-state index contributed by atoms with van der Waals surface area (Å²) in [5.41, 5.74) is 1.10. The van der Waals surface area contributed by atoms with Crippen LogP contribution in [0.15, 0.2) is 18.2 Å². The van der Waals surface area contributed by atoms with Crippen molar-refractivity contribution in [1.82, 2.24) is 10.2 Å². The first-order valence-electron chi connectivity index (χ1n) is 10.3. The number of carbonyl (C=O) groups is 3. The van der Waals surface area contributed by atoms with E-state index in [-0.39, 0.29) is 30.4 Å². The molecule has 1 saturated heterocycles. The van der Waals surface area contributed by atoms with E-state index in [9.17, 15) is 14.4 Å². The van der Waals surface area contributed by atoms with Crippen LogP contribution in [-0.4, -0.2) is 48.4 Å². The predicted molar refractivity (Wildman–Crippen MR) is 104 cm³/mol. The molecule has 3 aliphatic rings. The number of benzene rings is 1. The highest BCUT2D eigenvalue weighted by Gasteiger charge is 2.29. The second-order valence-corrected chi connectivity index (χ2v) is 7.96. The number of amides is 3. The molecule has 2 fully saturated rings. The van der Waals surface area contributed by atoms with Crippen molar-refractivity contribution in [2.75, 3.05) is 25.0 Å². The van der Waals surface area contributed by atoms with Gasteiger partial charge in [0.25, 0.3) is 11.8 Å². The normalized spacial score (nSPS) is 20.7. The Kier molecular flexibility index (Phi) is 5.50. The van der Waals surface area contributed by atoms with Gasteiger partial charge >= 0.3 is 0 Å². The van der Waals surface area contributed by atoms with E-state index >= 15 is 0 Å². The van der Waals surface area contributed by atoms with Crippen molar-refractivity contribution in [2.24, 2.45) is 5.92 Å². The number of nitrogens with zero attached hydrogens (tertiary/aromatic N) is 1. The largest absolute Gasteiger partial charge is 0.482 e. The number of nitrogens with one attached hydrogen (secondary N) is 2. The van der Waals surface area contributed by atoms with Crippen LogP contribution in [0.4, 0.5) is 5.69 Å². The molecule has 1 aromatic carbocycles. The SMILES string of the molecule is O=C1COc2cc(C(=O)NC3CCN(C(=O)C4CCCCC4)CC3)ccc2N1. The Morgan fingerprint density at radius 2 is 1.82 bits per heavy atom. The van der Waals surface area contributed by atoms with Crippen LogP contribution >= 0.6 is 0 Å². The van der Waals surface area contributed by atoms with Gasteiger partial charge in [0.2, 0.25) is 5.91 Å². The third-order valence-corrected chi connectivity index (χ3v) is 5.97. The van der Waals surface area contributed by atoms with E-state index in [1.807, 2.05) is 4.90 Å². The zero-order valence-electron chi connectivity index (χ0n) is 16.0. The van der Waals surface area contributed by atoms with Crippen molar-refractivity contribution in [3.8, 4) is 5.75 Å². The Hall–Kier alpha value is -2.57. The fraction of sp³-hybridized carbons (Fsp3) is 0.571. The van der Waals surface area contributed by atoms with Crippen molar-refractivity contribution in [2.45, 2.75) is 51.0 Å². The first-order chi connectivity index (χ1) is 13.6. The summed E-state index contributed by atoms with van der Waals surface area (Å²) in [5, 5.41) is 5.79. The van der Waals surface area contributed by atoms with Crippen molar-refractivity contribution >= 4 is 23.4 Å². The molecule has 1 aromatic rings. The molecule has 2 heterocycles. The smallest absolute Gasteiger partial charge is 0.262 e. The van der Waals surface area contributed by atoms with Gasteiger partial charge in [-0.3, -0.25) is 14.4 Å². The molecule has 0 unspecified atom stereocenters. The molecule has 1 saturated carbocycles. The zero-order valence-corrected chi connectivity index (χ0v) is 16.0. The van der Waals surface area contributed by atoms with Crippen LogP contribution in [0, 0.1) is 5.92 Å². The van der Waals surface area contributed by atoms with Gasteiger partial charge < -0.3 is 20.3 Å². The van der Waals surface area contributed by atoms with Gasteiger partial charge in [0, 0.05) is 30.6 Å². The van der Waals surface area contributed by atoms with Crippen LogP contribution in [0.5, 0.6) is 5.75 Å². The lowest BCUT2D eigenvalue weighted by molar-refractivity contribution is -0.137. The predicted octanol–water partition coefficient (Wildman–Crippen LogP) is 2.32. The summed E-state index contributed by atoms with van der Waals surface area (Å²) in [6.45, 7) is 1.38. The molecule has 2 N–H and O–H groups in total. The molecule has 7 heteroatoms. The molecule has 0 aromatic heterocycles. The van der Waals surface area contributed by atoms with Crippen LogP contribution in [0.2, 0.25) is 0 Å². The number of anilines is 1. The van der Waals surface area contributed by atoms with Gasteiger partial charge in [0.15, 0.2) is 6.61 Å². The highest BCUT2D eigenvalue weighted by Crippen LogP contribution is 2.29. The van der Waals surface area contributed by atoms with Gasteiger partial charge in [-0.25, -0.2) is 0 Å². The maximum atomic E-state index is 12.7.